The molecule has 0 unspecified atom stereocenters. The van der Waals surface area contributed by atoms with Crippen LogP contribution >= 0.6 is 0 Å². The Labute approximate surface area is 128 Å². The van der Waals surface area contributed by atoms with E-state index in [0.29, 0.717) is 5.06 Å². The molecule has 0 spiro atoms. The Kier molecular flexibility index (Phi) is 3.41. The van der Waals surface area contributed by atoms with Gasteiger partial charge in [0.2, 0.25) is 0 Å². The lowest BCUT2D eigenvalue weighted by molar-refractivity contribution is -0.122. The maximum Gasteiger partial charge on any atom is 0.363 e. The van der Waals surface area contributed by atoms with E-state index in [1.165, 1.54) is 24.3 Å². The third kappa shape index (κ3) is 2.69. The Bertz CT molecular complexity index is 730. The molecule has 0 bridgehead atoms. The summed E-state index contributed by atoms with van der Waals surface area (Å²) in [5.41, 5.74) is 0.212. The van der Waals surface area contributed by atoms with Gasteiger partial charge in [-0.15, -0.1) is 5.06 Å². The van der Waals surface area contributed by atoms with E-state index < -0.39 is 36.4 Å². The van der Waals surface area contributed by atoms with Gasteiger partial charge in [-0.2, -0.15) is 0 Å². The highest BCUT2D eigenvalue weighted by atomic mass is 16.7. The monoisotopic (exact) mass is 318 g/mol. The summed E-state index contributed by atoms with van der Waals surface area (Å²) in [6, 6.07) is 4.17. The minimum atomic E-state index is -0.899. The van der Waals surface area contributed by atoms with E-state index in [0.717, 1.165) is 4.90 Å². The Morgan fingerprint density at radius 1 is 1.13 bits per heavy atom. The van der Waals surface area contributed by atoms with Gasteiger partial charge in [0.15, 0.2) is 0 Å². The summed E-state index contributed by atoms with van der Waals surface area (Å²) in [6.45, 7) is -0.513. The molecule has 0 aliphatic carbocycles. The third-order valence-corrected chi connectivity index (χ3v) is 3.14. The number of carbonyl (C=O) groups excluding carboxylic acids is 5. The van der Waals surface area contributed by atoms with Crippen LogP contribution in [0.3, 0.4) is 0 Å². The molecule has 1 aromatic rings. The molecule has 3 rings (SSSR count). The minimum absolute atomic E-state index is 0.0159. The van der Waals surface area contributed by atoms with Gasteiger partial charge in [0.05, 0.1) is 17.8 Å². The number of hydroxylamine groups is 2. The molecular weight excluding hydrogens is 308 g/mol. The summed E-state index contributed by atoms with van der Waals surface area (Å²) in [4.78, 5) is 63.3. The zero-order valence-corrected chi connectivity index (χ0v) is 11.6. The number of hydrogen-bond donors (Lipinski definition) is 2. The maximum absolute atomic E-state index is 12.0. The highest BCUT2D eigenvalue weighted by Crippen LogP contribution is 2.19. The molecule has 2 fully saturated rings. The first-order valence-electron chi connectivity index (χ1n) is 6.50. The second-order valence-electron chi connectivity index (χ2n) is 4.71. The van der Waals surface area contributed by atoms with Crippen LogP contribution < -0.4 is 15.5 Å². The topological polar surface area (TPSA) is 125 Å². The molecule has 0 aromatic heterocycles. The summed E-state index contributed by atoms with van der Waals surface area (Å²) in [7, 11) is 0. The second kappa shape index (κ2) is 5.40. The number of rotatable bonds is 3. The van der Waals surface area contributed by atoms with Gasteiger partial charge in [0.25, 0.3) is 11.8 Å². The average molecular weight is 318 g/mol. The van der Waals surface area contributed by atoms with Gasteiger partial charge in [0, 0.05) is 0 Å². The van der Waals surface area contributed by atoms with Gasteiger partial charge < -0.3 is 10.2 Å². The van der Waals surface area contributed by atoms with Crippen molar-refractivity contribution in [2.24, 2.45) is 0 Å². The van der Waals surface area contributed by atoms with Crippen LogP contribution in [0.25, 0.3) is 0 Å². The average Bonchev–Trinajstić information content (AvgIpc) is 3.01. The number of nitrogens with zero attached hydrogens (tertiary/aromatic N) is 2. The molecule has 6 amide bonds. The predicted molar refractivity (Wildman–Crippen MR) is 73.0 cm³/mol. The molecule has 2 heterocycles. The van der Waals surface area contributed by atoms with Gasteiger partial charge in [-0.25, -0.2) is 19.3 Å². The number of urea groups is 2. The van der Waals surface area contributed by atoms with E-state index >= 15 is 0 Å². The molecule has 118 valence electrons. The van der Waals surface area contributed by atoms with Crippen LogP contribution in [0, 0.1) is 0 Å². The van der Waals surface area contributed by atoms with Crippen LogP contribution in [0.1, 0.15) is 10.4 Å². The first kappa shape index (κ1) is 14.5. The fraction of sp³-hybridized carbons (Fsp3) is 0.154. The Balaban J connectivity index is 1.78. The van der Waals surface area contributed by atoms with Crippen molar-refractivity contribution < 1.29 is 28.8 Å². The van der Waals surface area contributed by atoms with Crippen molar-refractivity contribution in [3.05, 3.63) is 29.8 Å². The Hall–Kier alpha value is -3.43. The summed E-state index contributed by atoms with van der Waals surface area (Å²) in [5.74, 6) is -1.94. The number of amides is 6. The fourth-order valence-electron chi connectivity index (χ4n) is 2.11. The van der Waals surface area contributed by atoms with Crippen LogP contribution in [-0.2, 0) is 14.4 Å². The van der Waals surface area contributed by atoms with Gasteiger partial charge >= 0.3 is 18.0 Å². The Morgan fingerprint density at radius 3 is 2.52 bits per heavy atom. The summed E-state index contributed by atoms with van der Waals surface area (Å²) < 4.78 is 0. The van der Waals surface area contributed by atoms with Gasteiger partial charge in [0.1, 0.15) is 6.54 Å². The molecule has 0 saturated carbocycles. The number of carbonyl (C=O) groups is 5. The van der Waals surface area contributed by atoms with Crippen molar-refractivity contribution in [1.82, 2.24) is 15.7 Å². The largest absolute Gasteiger partial charge is 0.363 e. The Morgan fingerprint density at radius 2 is 1.91 bits per heavy atom. The van der Waals surface area contributed by atoms with Crippen molar-refractivity contribution in [1.29, 1.82) is 0 Å². The SMILES string of the molecule is O=C1CN(OC(=O)c2cccc(N3C(=O)CNC3=O)c2)C(=O)N1. The van der Waals surface area contributed by atoms with E-state index in [-0.39, 0.29) is 17.8 Å². The first-order valence-corrected chi connectivity index (χ1v) is 6.50. The molecule has 10 heteroatoms. The van der Waals surface area contributed by atoms with Crippen LogP contribution in [0.4, 0.5) is 15.3 Å². The lowest BCUT2D eigenvalue weighted by atomic mass is 10.2. The first-order chi connectivity index (χ1) is 11.0. The highest BCUT2D eigenvalue weighted by Gasteiger charge is 2.32. The highest BCUT2D eigenvalue weighted by molar-refractivity contribution is 6.20. The van der Waals surface area contributed by atoms with Crippen molar-refractivity contribution in [3.8, 4) is 0 Å². The van der Waals surface area contributed by atoms with Crippen LogP contribution in [0.15, 0.2) is 24.3 Å². The standard InChI is InChI=1S/C13H10N4O6/c18-9-6-16(13(22)15-9)23-11(20)7-2-1-3-8(4-7)17-10(19)5-14-12(17)21/h1-4H,5-6H2,(H,14,21)(H,15,18,22). The lowest BCUT2D eigenvalue weighted by Crippen LogP contribution is -2.32. The number of benzene rings is 1. The zero-order valence-electron chi connectivity index (χ0n) is 11.6. The number of nitrogens with one attached hydrogen (secondary N) is 2. The number of hydrogen-bond acceptors (Lipinski definition) is 6. The normalized spacial score (nSPS) is 17.4. The second-order valence-corrected chi connectivity index (χ2v) is 4.71. The molecular formula is C13H10N4O6. The molecule has 0 radical (unpaired) electrons. The molecule has 0 atom stereocenters. The van der Waals surface area contributed by atoms with Crippen LogP contribution in [-0.4, -0.2) is 48.0 Å². The van der Waals surface area contributed by atoms with E-state index in [9.17, 15) is 24.0 Å². The molecule has 2 aliphatic rings. The van der Waals surface area contributed by atoms with Crippen molar-refractivity contribution in [3.63, 3.8) is 0 Å². The quantitative estimate of drug-likeness (QED) is 0.715. The van der Waals surface area contributed by atoms with E-state index in [1.54, 1.807) is 0 Å². The zero-order chi connectivity index (χ0) is 16.6. The summed E-state index contributed by atoms with van der Waals surface area (Å²) in [5, 5.41) is 4.90. The van der Waals surface area contributed by atoms with E-state index in [2.05, 4.69) is 5.32 Å². The van der Waals surface area contributed by atoms with Gasteiger partial charge in [-0.05, 0) is 18.2 Å². The molecule has 23 heavy (non-hydrogen) atoms. The molecule has 1 aromatic carbocycles. The van der Waals surface area contributed by atoms with Crippen LogP contribution in [0.5, 0.6) is 0 Å². The molecule has 10 nitrogen and oxygen atoms in total. The maximum atomic E-state index is 12.0. The summed E-state index contributed by atoms with van der Waals surface area (Å²) in [6.07, 6.45) is 0. The molecule has 2 saturated heterocycles. The predicted octanol–water partition coefficient (Wildman–Crippen LogP) is -0.634. The van der Waals surface area contributed by atoms with E-state index in [1.807, 2.05) is 5.32 Å². The van der Waals surface area contributed by atoms with Gasteiger partial charge in [-0.3, -0.25) is 14.9 Å². The summed E-state index contributed by atoms with van der Waals surface area (Å²) >= 11 is 0. The third-order valence-electron chi connectivity index (χ3n) is 3.14. The number of imide groups is 2. The minimum Gasteiger partial charge on any atom is -0.331 e. The van der Waals surface area contributed by atoms with E-state index in [4.69, 9.17) is 4.84 Å². The lowest BCUT2D eigenvalue weighted by Gasteiger charge is -2.15. The van der Waals surface area contributed by atoms with Crippen molar-refractivity contribution in [2.75, 3.05) is 18.0 Å². The molecule has 2 aliphatic heterocycles. The molecule has 2 N–H and O–H groups in total. The smallest absolute Gasteiger partial charge is 0.331 e. The van der Waals surface area contributed by atoms with Crippen molar-refractivity contribution in [2.45, 2.75) is 0 Å². The fourth-order valence-corrected chi connectivity index (χ4v) is 2.11. The van der Waals surface area contributed by atoms with Gasteiger partial charge in [-0.1, -0.05) is 6.07 Å². The number of anilines is 1. The van der Waals surface area contributed by atoms with Crippen molar-refractivity contribution >= 4 is 35.5 Å². The van der Waals surface area contributed by atoms with Crippen LogP contribution in [0.2, 0.25) is 0 Å².